The molecule has 0 aliphatic carbocycles. The van der Waals surface area contributed by atoms with E-state index >= 15 is 0 Å². The summed E-state index contributed by atoms with van der Waals surface area (Å²) in [7, 11) is 13.0. The highest BCUT2D eigenvalue weighted by molar-refractivity contribution is 4.71. The Labute approximate surface area is 171 Å². The van der Waals surface area contributed by atoms with Gasteiger partial charge in [-0.2, -0.15) is 0 Å². The van der Waals surface area contributed by atoms with E-state index in [0.29, 0.717) is 0 Å². The molecule has 164 valence electrons. The maximum atomic E-state index is 3.00. The van der Waals surface area contributed by atoms with Crippen molar-refractivity contribution in [3.8, 4) is 0 Å². The smallest absolute Gasteiger partial charge is 0.0530 e. The van der Waals surface area contributed by atoms with Crippen LogP contribution in [-0.2, 0) is 0 Å². The van der Waals surface area contributed by atoms with Gasteiger partial charge in [-0.05, 0) is 81.2 Å². The molecule has 1 aliphatic rings. The molecule has 1 heterocycles. The molecule has 0 atom stereocenters. The number of hydrogen-bond acceptors (Lipinski definition) is 6. The van der Waals surface area contributed by atoms with Crippen molar-refractivity contribution < 1.29 is 0 Å². The fourth-order valence-corrected chi connectivity index (χ4v) is 3.24. The lowest BCUT2D eigenvalue weighted by Crippen LogP contribution is -2.55. The van der Waals surface area contributed by atoms with E-state index in [-0.39, 0.29) is 7.43 Å². The van der Waals surface area contributed by atoms with Gasteiger partial charge >= 0.3 is 0 Å². The van der Waals surface area contributed by atoms with Crippen LogP contribution in [0.3, 0.4) is 0 Å². The van der Waals surface area contributed by atoms with Crippen LogP contribution in [-0.4, -0.2) is 131 Å². The van der Waals surface area contributed by atoms with E-state index in [0.717, 1.165) is 20.0 Å². The molecule has 0 aromatic rings. The van der Waals surface area contributed by atoms with E-state index in [1.165, 1.54) is 58.5 Å². The standard InChI is InChI=1S/C18H42N6.C2H4.CH4/c1-19(2)10-7-13-22-16-23(14-8-11-20(3)4)18-24(17-22)15-9-12-21(5)6;1-2;/h7-18H2,1-6H3;1-2H2;1H4. The first kappa shape index (κ1) is 28.7. The largest absolute Gasteiger partial charge is 0.309 e. The molecule has 27 heavy (non-hydrogen) atoms. The molecule has 0 radical (unpaired) electrons. The fraction of sp³-hybridized carbons (Fsp3) is 0.905. The summed E-state index contributed by atoms with van der Waals surface area (Å²) in [5, 5.41) is 0. The molecule has 1 aliphatic heterocycles. The lowest BCUT2D eigenvalue weighted by Gasteiger charge is -2.42. The summed E-state index contributed by atoms with van der Waals surface area (Å²) in [6.07, 6.45) is 3.76. The van der Waals surface area contributed by atoms with Gasteiger partial charge in [-0.1, -0.05) is 7.43 Å². The maximum absolute atomic E-state index is 3.00. The van der Waals surface area contributed by atoms with Crippen molar-refractivity contribution in [3.05, 3.63) is 13.2 Å². The lowest BCUT2D eigenvalue weighted by atomic mass is 10.3. The van der Waals surface area contributed by atoms with Crippen molar-refractivity contribution in [2.24, 2.45) is 0 Å². The zero-order chi connectivity index (χ0) is 19.9. The number of nitrogens with zero attached hydrogens (tertiary/aromatic N) is 6. The molecule has 0 unspecified atom stereocenters. The molecule has 6 nitrogen and oxygen atoms in total. The van der Waals surface area contributed by atoms with E-state index in [1.54, 1.807) is 0 Å². The zero-order valence-corrected chi connectivity index (χ0v) is 18.6. The van der Waals surface area contributed by atoms with Gasteiger partial charge < -0.3 is 14.7 Å². The summed E-state index contributed by atoms with van der Waals surface area (Å²) >= 11 is 0. The summed E-state index contributed by atoms with van der Waals surface area (Å²) in [5.41, 5.74) is 0. The molecule has 0 aromatic heterocycles. The molecule has 0 bridgehead atoms. The zero-order valence-electron chi connectivity index (χ0n) is 18.6. The SMILES string of the molecule is C.C=C.CN(C)CCCN1CN(CCCN(C)C)CN(CCCN(C)C)C1. The Hall–Kier alpha value is -0.500. The van der Waals surface area contributed by atoms with Crippen molar-refractivity contribution in [2.45, 2.75) is 26.7 Å². The predicted molar refractivity (Wildman–Crippen MR) is 122 cm³/mol. The van der Waals surface area contributed by atoms with Crippen LogP contribution in [0, 0.1) is 0 Å². The highest BCUT2D eigenvalue weighted by Crippen LogP contribution is 2.10. The van der Waals surface area contributed by atoms with Crippen LogP contribution < -0.4 is 0 Å². The first-order valence-electron chi connectivity index (χ1n) is 9.98. The van der Waals surface area contributed by atoms with Crippen LogP contribution in [0.2, 0.25) is 0 Å². The summed E-state index contributed by atoms with van der Waals surface area (Å²) < 4.78 is 0. The minimum Gasteiger partial charge on any atom is -0.309 e. The van der Waals surface area contributed by atoms with Crippen LogP contribution >= 0.6 is 0 Å². The quantitative estimate of drug-likeness (QED) is 0.475. The minimum atomic E-state index is 0. The van der Waals surface area contributed by atoms with Gasteiger partial charge in [-0.25, -0.2) is 0 Å². The highest BCUT2D eigenvalue weighted by atomic mass is 15.5. The first-order valence-corrected chi connectivity index (χ1v) is 9.98. The topological polar surface area (TPSA) is 19.4 Å². The van der Waals surface area contributed by atoms with E-state index in [4.69, 9.17) is 0 Å². The van der Waals surface area contributed by atoms with Crippen LogP contribution in [0.15, 0.2) is 13.2 Å². The second-order valence-corrected chi connectivity index (χ2v) is 8.08. The molecule has 1 fully saturated rings. The second-order valence-electron chi connectivity index (χ2n) is 8.08. The molecule has 0 aromatic carbocycles. The Kier molecular flexibility index (Phi) is 18.7. The Morgan fingerprint density at radius 3 is 0.963 bits per heavy atom. The van der Waals surface area contributed by atoms with Gasteiger partial charge in [0.15, 0.2) is 0 Å². The van der Waals surface area contributed by atoms with Crippen LogP contribution in [0.5, 0.6) is 0 Å². The van der Waals surface area contributed by atoms with E-state index in [9.17, 15) is 0 Å². The third-order valence-corrected chi connectivity index (χ3v) is 4.44. The van der Waals surface area contributed by atoms with Gasteiger partial charge in [-0.15, -0.1) is 13.2 Å². The van der Waals surface area contributed by atoms with Crippen molar-refractivity contribution in [1.29, 1.82) is 0 Å². The van der Waals surface area contributed by atoms with Gasteiger partial charge in [-0.3, -0.25) is 14.7 Å². The molecule has 0 saturated carbocycles. The van der Waals surface area contributed by atoms with Gasteiger partial charge in [0.05, 0.1) is 20.0 Å². The molecule has 1 rings (SSSR count). The molecule has 0 amide bonds. The first-order chi connectivity index (χ1) is 12.4. The maximum Gasteiger partial charge on any atom is 0.0530 e. The fourth-order valence-electron chi connectivity index (χ4n) is 3.24. The van der Waals surface area contributed by atoms with E-state index in [2.05, 4.69) is 84.8 Å². The van der Waals surface area contributed by atoms with Crippen LogP contribution in [0.4, 0.5) is 0 Å². The lowest BCUT2D eigenvalue weighted by molar-refractivity contribution is -0.0320. The van der Waals surface area contributed by atoms with Gasteiger partial charge in [0, 0.05) is 19.6 Å². The normalized spacial score (nSPS) is 16.5. The summed E-state index contributed by atoms with van der Waals surface area (Å²) in [6, 6.07) is 0. The van der Waals surface area contributed by atoms with Gasteiger partial charge in [0.2, 0.25) is 0 Å². The molecular formula is C21H50N6. The average Bonchev–Trinajstić information content (AvgIpc) is 2.55. The van der Waals surface area contributed by atoms with Gasteiger partial charge in [0.1, 0.15) is 0 Å². The second kappa shape index (κ2) is 17.6. The van der Waals surface area contributed by atoms with Crippen LogP contribution in [0.1, 0.15) is 26.7 Å². The van der Waals surface area contributed by atoms with Crippen molar-refractivity contribution >= 4 is 0 Å². The minimum absolute atomic E-state index is 0. The van der Waals surface area contributed by atoms with Crippen molar-refractivity contribution in [1.82, 2.24) is 29.4 Å². The molecule has 1 saturated heterocycles. The van der Waals surface area contributed by atoms with E-state index in [1.807, 2.05) is 0 Å². The molecular weight excluding hydrogens is 336 g/mol. The monoisotopic (exact) mass is 386 g/mol. The van der Waals surface area contributed by atoms with Crippen molar-refractivity contribution in [3.63, 3.8) is 0 Å². The molecule has 6 heteroatoms. The third-order valence-electron chi connectivity index (χ3n) is 4.44. The Morgan fingerprint density at radius 1 is 0.556 bits per heavy atom. The Morgan fingerprint density at radius 2 is 0.778 bits per heavy atom. The van der Waals surface area contributed by atoms with Crippen LogP contribution in [0.25, 0.3) is 0 Å². The predicted octanol–water partition coefficient (Wildman–Crippen LogP) is 2.07. The molecule has 0 spiro atoms. The number of rotatable bonds is 12. The average molecular weight is 387 g/mol. The molecule has 0 N–H and O–H groups in total. The third kappa shape index (κ3) is 16.2. The van der Waals surface area contributed by atoms with E-state index < -0.39 is 0 Å². The Balaban J connectivity index is 0. The number of hydrogen-bond donors (Lipinski definition) is 0. The summed E-state index contributed by atoms with van der Waals surface area (Å²) in [6.45, 7) is 16.5. The summed E-state index contributed by atoms with van der Waals surface area (Å²) in [5.74, 6) is 0. The summed E-state index contributed by atoms with van der Waals surface area (Å²) in [4.78, 5) is 14.7. The highest BCUT2D eigenvalue weighted by Gasteiger charge is 2.22. The Bertz CT molecular complexity index is 268. The van der Waals surface area contributed by atoms with Crippen molar-refractivity contribution in [2.75, 3.05) is 102 Å². The van der Waals surface area contributed by atoms with Gasteiger partial charge in [0.25, 0.3) is 0 Å².